The van der Waals surface area contributed by atoms with Gasteiger partial charge in [-0.1, -0.05) is 47.5 Å². The van der Waals surface area contributed by atoms with Crippen LogP contribution in [0, 0.1) is 11.7 Å². The summed E-state index contributed by atoms with van der Waals surface area (Å²) in [6.45, 7) is 2.52. The largest absolute Gasteiger partial charge is 0.352 e. The number of hydrogen-bond donors (Lipinski definition) is 1. The van der Waals surface area contributed by atoms with E-state index in [2.05, 4.69) is 10.2 Å². The van der Waals surface area contributed by atoms with Crippen molar-refractivity contribution < 1.29 is 9.18 Å². The van der Waals surface area contributed by atoms with Crippen LogP contribution in [0.15, 0.2) is 42.5 Å². The lowest BCUT2D eigenvalue weighted by molar-refractivity contribution is -0.126. The molecule has 0 atom stereocenters. The van der Waals surface area contributed by atoms with Gasteiger partial charge in [0.2, 0.25) is 5.91 Å². The summed E-state index contributed by atoms with van der Waals surface area (Å²) in [4.78, 5) is 14.6. The first-order valence-electron chi connectivity index (χ1n) is 8.71. The van der Waals surface area contributed by atoms with E-state index in [1.807, 2.05) is 18.2 Å². The van der Waals surface area contributed by atoms with Crippen LogP contribution in [0.2, 0.25) is 10.0 Å². The van der Waals surface area contributed by atoms with Gasteiger partial charge in [-0.25, -0.2) is 4.39 Å². The zero-order valence-corrected chi connectivity index (χ0v) is 15.9. The van der Waals surface area contributed by atoms with Crippen molar-refractivity contribution in [3.8, 4) is 0 Å². The summed E-state index contributed by atoms with van der Waals surface area (Å²) in [6.07, 6.45) is 1.54. The Morgan fingerprint density at radius 3 is 2.38 bits per heavy atom. The normalized spacial score (nSPS) is 15.8. The second-order valence-electron chi connectivity index (χ2n) is 6.56. The molecule has 26 heavy (non-hydrogen) atoms. The monoisotopic (exact) mass is 394 g/mol. The van der Waals surface area contributed by atoms with Crippen LogP contribution in [0.25, 0.3) is 0 Å². The van der Waals surface area contributed by atoms with Gasteiger partial charge in [0.15, 0.2) is 0 Å². The summed E-state index contributed by atoms with van der Waals surface area (Å²) in [5, 5.41) is 4.19. The molecular formula is C20H21Cl2FN2O. The van der Waals surface area contributed by atoms with Gasteiger partial charge in [-0.05, 0) is 44.1 Å². The number of halogens is 3. The summed E-state index contributed by atoms with van der Waals surface area (Å²) in [7, 11) is 0. The lowest BCUT2D eigenvalue weighted by atomic mass is 9.95. The molecule has 0 bridgehead atoms. The van der Waals surface area contributed by atoms with E-state index >= 15 is 0 Å². The molecule has 1 N–H and O–H groups in total. The van der Waals surface area contributed by atoms with Crippen molar-refractivity contribution in [3.63, 3.8) is 0 Å². The van der Waals surface area contributed by atoms with E-state index in [9.17, 15) is 9.18 Å². The summed E-state index contributed by atoms with van der Waals surface area (Å²) < 4.78 is 13.6. The van der Waals surface area contributed by atoms with Gasteiger partial charge in [0.25, 0.3) is 0 Å². The van der Waals surface area contributed by atoms with E-state index in [1.165, 1.54) is 6.07 Å². The highest BCUT2D eigenvalue weighted by Crippen LogP contribution is 2.27. The van der Waals surface area contributed by atoms with Gasteiger partial charge >= 0.3 is 0 Å². The van der Waals surface area contributed by atoms with Crippen molar-refractivity contribution in [2.75, 3.05) is 13.1 Å². The summed E-state index contributed by atoms with van der Waals surface area (Å²) in [6, 6.07) is 12.0. The Kier molecular flexibility index (Phi) is 6.52. The smallest absolute Gasteiger partial charge is 0.223 e. The Morgan fingerprint density at radius 2 is 1.73 bits per heavy atom. The molecule has 3 rings (SSSR count). The Labute approximate surface area is 163 Å². The zero-order valence-electron chi connectivity index (χ0n) is 14.4. The summed E-state index contributed by atoms with van der Waals surface area (Å²) in [5.41, 5.74) is 1.44. The fourth-order valence-electron chi connectivity index (χ4n) is 3.23. The summed E-state index contributed by atoms with van der Waals surface area (Å²) >= 11 is 12.5. The van der Waals surface area contributed by atoms with Crippen LogP contribution in [-0.4, -0.2) is 23.9 Å². The average molecular weight is 395 g/mol. The third-order valence-corrected chi connectivity index (χ3v) is 5.52. The first-order chi connectivity index (χ1) is 12.5. The third kappa shape index (κ3) is 4.76. The average Bonchev–Trinajstić information content (AvgIpc) is 2.64. The van der Waals surface area contributed by atoms with Crippen molar-refractivity contribution in [1.29, 1.82) is 0 Å². The topological polar surface area (TPSA) is 32.3 Å². The molecule has 6 heteroatoms. The number of amides is 1. The quantitative estimate of drug-likeness (QED) is 0.799. The fourth-order valence-corrected chi connectivity index (χ4v) is 3.75. The van der Waals surface area contributed by atoms with Gasteiger partial charge < -0.3 is 5.32 Å². The molecule has 0 unspecified atom stereocenters. The Hall–Kier alpha value is -1.62. The Morgan fingerprint density at radius 1 is 1.08 bits per heavy atom. The lowest BCUT2D eigenvalue weighted by Crippen LogP contribution is -2.40. The predicted octanol–water partition coefficient (Wildman–Crippen LogP) is 4.66. The second kappa shape index (κ2) is 8.85. The van der Waals surface area contributed by atoms with E-state index in [-0.39, 0.29) is 24.2 Å². The minimum Gasteiger partial charge on any atom is -0.352 e. The number of carbonyl (C=O) groups is 1. The second-order valence-corrected chi connectivity index (χ2v) is 7.37. The molecule has 2 aromatic rings. The Bertz CT molecular complexity index is 756. The highest BCUT2D eigenvalue weighted by atomic mass is 35.5. The number of hydrogen-bond acceptors (Lipinski definition) is 2. The lowest BCUT2D eigenvalue weighted by Gasteiger charge is -2.31. The van der Waals surface area contributed by atoms with Crippen LogP contribution in [0.4, 0.5) is 4.39 Å². The maximum absolute atomic E-state index is 13.6. The van der Waals surface area contributed by atoms with Crippen LogP contribution in [0.1, 0.15) is 24.0 Å². The molecule has 0 spiro atoms. The van der Waals surface area contributed by atoms with Gasteiger partial charge in [-0.15, -0.1) is 0 Å². The van der Waals surface area contributed by atoms with Gasteiger partial charge in [-0.3, -0.25) is 9.69 Å². The number of carbonyl (C=O) groups excluding carboxylic acids is 1. The highest BCUT2D eigenvalue weighted by molar-refractivity contribution is 6.35. The third-order valence-electron chi connectivity index (χ3n) is 4.81. The summed E-state index contributed by atoms with van der Waals surface area (Å²) in [5.74, 6) is -0.345. The number of nitrogens with zero attached hydrogens (tertiary/aromatic N) is 1. The molecule has 3 nitrogen and oxygen atoms in total. The SMILES string of the molecule is O=C(NCc1ccccc1F)C1CCN(Cc2c(Cl)cccc2Cl)CC1. The van der Waals surface area contributed by atoms with Gasteiger partial charge in [0.05, 0.1) is 0 Å². The Balaban J connectivity index is 1.49. The molecule has 1 fully saturated rings. The minimum absolute atomic E-state index is 0.0105. The number of likely N-dealkylation sites (tertiary alicyclic amines) is 1. The zero-order chi connectivity index (χ0) is 18.5. The molecule has 1 aliphatic heterocycles. The number of piperidine rings is 1. The number of nitrogens with one attached hydrogen (secondary N) is 1. The van der Waals surface area contributed by atoms with E-state index in [1.54, 1.807) is 18.2 Å². The number of benzene rings is 2. The molecule has 138 valence electrons. The predicted molar refractivity (Wildman–Crippen MR) is 103 cm³/mol. The molecule has 1 heterocycles. The van der Waals surface area contributed by atoms with Gasteiger partial charge in [-0.2, -0.15) is 0 Å². The van der Waals surface area contributed by atoms with E-state index in [0.717, 1.165) is 31.5 Å². The molecule has 1 aliphatic rings. The molecule has 2 aromatic carbocycles. The van der Waals surface area contributed by atoms with Gasteiger partial charge in [0, 0.05) is 40.2 Å². The van der Waals surface area contributed by atoms with Crippen LogP contribution in [0.5, 0.6) is 0 Å². The standard InChI is InChI=1S/C20H21Cl2FN2O/c21-17-5-3-6-18(22)16(17)13-25-10-8-14(9-11-25)20(26)24-12-15-4-1-2-7-19(15)23/h1-7,14H,8-13H2,(H,24,26). The van der Waals surface area contributed by atoms with E-state index < -0.39 is 0 Å². The van der Waals surface area contributed by atoms with Crippen molar-refractivity contribution in [2.24, 2.45) is 5.92 Å². The maximum Gasteiger partial charge on any atom is 0.223 e. The molecular weight excluding hydrogens is 374 g/mol. The molecule has 0 saturated carbocycles. The van der Waals surface area contributed by atoms with E-state index in [4.69, 9.17) is 23.2 Å². The van der Waals surface area contributed by atoms with Crippen LogP contribution in [-0.2, 0) is 17.9 Å². The minimum atomic E-state index is -0.292. The van der Waals surface area contributed by atoms with Crippen LogP contribution < -0.4 is 5.32 Å². The molecule has 1 amide bonds. The maximum atomic E-state index is 13.6. The molecule has 1 saturated heterocycles. The van der Waals surface area contributed by atoms with Crippen molar-refractivity contribution in [1.82, 2.24) is 10.2 Å². The molecule has 0 radical (unpaired) electrons. The van der Waals surface area contributed by atoms with Crippen molar-refractivity contribution in [3.05, 3.63) is 69.5 Å². The van der Waals surface area contributed by atoms with Crippen LogP contribution in [0.3, 0.4) is 0 Å². The first kappa shape index (κ1) is 19.2. The van der Waals surface area contributed by atoms with Crippen LogP contribution >= 0.6 is 23.2 Å². The fraction of sp³-hybridized carbons (Fsp3) is 0.350. The molecule has 0 aliphatic carbocycles. The van der Waals surface area contributed by atoms with Crippen molar-refractivity contribution in [2.45, 2.75) is 25.9 Å². The van der Waals surface area contributed by atoms with Crippen molar-refractivity contribution >= 4 is 29.1 Å². The van der Waals surface area contributed by atoms with E-state index in [0.29, 0.717) is 22.2 Å². The first-order valence-corrected chi connectivity index (χ1v) is 9.46. The highest BCUT2D eigenvalue weighted by Gasteiger charge is 2.25. The molecule has 0 aromatic heterocycles. The van der Waals surface area contributed by atoms with Gasteiger partial charge in [0.1, 0.15) is 5.82 Å². The number of rotatable bonds is 5.